The zero-order valence-corrected chi connectivity index (χ0v) is 15.1. The number of hydrogen-bond acceptors (Lipinski definition) is 5. The third kappa shape index (κ3) is 3.51. The van der Waals surface area contributed by atoms with E-state index < -0.39 is 0 Å². The number of anilines is 1. The predicted molar refractivity (Wildman–Crippen MR) is 94.7 cm³/mol. The number of rotatable bonds is 5. The van der Waals surface area contributed by atoms with Crippen molar-refractivity contribution in [1.82, 2.24) is 5.32 Å². The molecule has 6 nitrogen and oxygen atoms in total. The molecule has 0 aliphatic heterocycles. The summed E-state index contributed by atoms with van der Waals surface area (Å²) in [6.45, 7) is 3.78. The maximum absolute atomic E-state index is 12.6. The van der Waals surface area contributed by atoms with Gasteiger partial charge < -0.3 is 20.1 Å². The Balaban J connectivity index is 2.37. The van der Waals surface area contributed by atoms with E-state index in [2.05, 4.69) is 10.6 Å². The number of aryl methyl sites for hydroxylation is 1. The molecule has 0 atom stereocenters. The fraction of sp³-hybridized carbons (Fsp3) is 0.294. The minimum absolute atomic E-state index is 0.227. The third-order valence-corrected chi connectivity index (χ3v) is 4.80. The first-order valence-corrected chi connectivity index (χ1v) is 8.09. The molecule has 0 fully saturated rings. The van der Waals surface area contributed by atoms with Crippen molar-refractivity contribution in [2.24, 2.45) is 0 Å². The van der Waals surface area contributed by atoms with Gasteiger partial charge in [-0.1, -0.05) is 0 Å². The normalized spacial score (nSPS) is 10.2. The molecule has 24 heavy (non-hydrogen) atoms. The Kier molecular flexibility index (Phi) is 5.46. The lowest BCUT2D eigenvalue weighted by molar-refractivity contribution is 0.0963. The molecule has 0 saturated carbocycles. The summed E-state index contributed by atoms with van der Waals surface area (Å²) in [5.41, 5.74) is 1.74. The Labute approximate surface area is 144 Å². The van der Waals surface area contributed by atoms with Crippen molar-refractivity contribution in [3.05, 3.63) is 39.8 Å². The molecule has 1 aromatic carbocycles. The first-order chi connectivity index (χ1) is 11.4. The fourth-order valence-electron chi connectivity index (χ4n) is 2.23. The van der Waals surface area contributed by atoms with Gasteiger partial charge in [-0.15, -0.1) is 11.3 Å². The maximum atomic E-state index is 12.6. The van der Waals surface area contributed by atoms with Crippen molar-refractivity contribution in [2.45, 2.75) is 13.8 Å². The highest BCUT2D eigenvalue weighted by atomic mass is 32.1. The second-order valence-corrected chi connectivity index (χ2v) is 6.35. The number of carbonyl (C=O) groups excluding carboxylic acids is 2. The Hall–Kier alpha value is -2.54. The second kappa shape index (κ2) is 7.35. The standard InChI is InChI=1S/C17H20N2O4S/c1-9-10(2)24-17(14(9)16(21)18-3)19-15(20)11-6-12(22-4)8-13(7-11)23-5/h6-8H,1-5H3,(H,18,21)(H,19,20). The first kappa shape index (κ1) is 17.8. The van der Waals surface area contributed by atoms with Crippen LogP contribution in [0.15, 0.2) is 18.2 Å². The van der Waals surface area contributed by atoms with Gasteiger partial charge in [0, 0.05) is 23.6 Å². The van der Waals surface area contributed by atoms with E-state index in [0.717, 1.165) is 10.4 Å². The number of nitrogens with one attached hydrogen (secondary N) is 2. The van der Waals surface area contributed by atoms with Gasteiger partial charge >= 0.3 is 0 Å². The van der Waals surface area contributed by atoms with Crippen LogP contribution in [0.5, 0.6) is 11.5 Å². The highest BCUT2D eigenvalue weighted by Gasteiger charge is 2.21. The largest absolute Gasteiger partial charge is 0.497 e. The lowest BCUT2D eigenvalue weighted by Crippen LogP contribution is -2.21. The van der Waals surface area contributed by atoms with Crippen LogP contribution < -0.4 is 20.1 Å². The van der Waals surface area contributed by atoms with E-state index >= 15 is 0 Å². The van der Waals surface area contributed by atoms with Crippen LogP contribution in [-0.2, 0) is 0 Å². The van der Waals surface area contributed by atoms with Gasteiger partial charge in [-0.05, 0) is 31.5 Å². The third-order valence-electron chi connectivity index (χ3n) is 3.68. The summed E-state index contributed by atoms with van der Waals surface area (Å²) in [4.78, 5) is 25.7. The van der Waals surface area contributed by atoms with Gasteiger partial charge in [-0.2, -0.15) is 0 Å². The summed E-state index contributed by atoms with van der Waals surface area (Å²) in [6, 6.07) is 4.92. The SMILES string of the molecule is CNC(=O)c1c(NC(=O)c2cc(OC)cc(OC)c2)sc(C)c1C. The molecule has 1 aromatic heterocycles. The summed E-state index contributed by atoms with van der Waals surface area (Å²) in [5.74, 6) is 0.475. The molecule has 0 saturated heterocycles. The van der Waals surface area contributed by atoms with E-state index in [0.29, 0.717) is 27.6 Å². The quantitative estimate of drug-likeness (QED) is 0.871. The van der Waals surface area contributed by atoms with Gasteiger partial charge in [0.1, 0.15) is 16.5 Å². The number of thiophene rings is 1. The number of methoxy groups -OCH3 is 2. The number of hydrogen-bond donors (Lipinski definition) is 2. The van der Waals surface area contributed by atoms with Gasteiger partial charge in [0.15, 0.2) is 0 Å². The van der Waals surface area contributed by atoms with E-state index in [9.17, 15) is 9.59 Å². The van der Waals surface area contributed by atoms with Crippen LogP contribution >= 0.6 is 11.3 Å². The molecule has 0 bridgehead atoms. The lowest BCUT2D eigenvalue weighted by atomic mass is 10.1. The summed E-state index contributed by atoms with van der Waals surface area (Å²) in [5, 5.41) is 5.94. The molecule has 0 aliphatic rings. The molecule has 2 N–H and O–H groups in total. The smallest absolute Gasteiger partial charge is 0.256 e. The second-order valence-electron chi connectivity index (χ2n) is 5.12. The van der Waals surface area contributed by atoms with E-state index in [1.54, 1.807) is 25.2 Å². The van der Waals surface area contributed by atoms with Crippen LogP contribution in [0.1, 0.15) is 31.2 Å². The fourth-order valence-corrected chi connectivity index (χ4v) is 3.28. The molecule has 2 amide bonds. The summed E-state index contributed by atoms with van der Waals surface area (Å²) < 4.78 is 10.4. The summed E-state index contributed by atoms with van der Waals surface area (Å²) in [7, 11) is 4.60. The first-order valence-electron chi connectivity index (χ1n) is 7.27. The zero-order valence-electron chi connectivity index (χ0n) is 14.3. The van der Waals surface area contributed by atoms with Crippen molar-refractivity contribution in [3.8, 4) is 11.5 Å². The topological polar surface area (TPSA) is 76.7 Å². The van der Waals surface area contributed by atoms with Crippen molar-refractivity contribution >= 4 is 28.2 Å². The van der Waals surface area contributed by atoms with Crippen molar-refractivity contribution < 1.29 is 19.1 Å². The van der Waals surface area contributed by atoms with Crippen LogP contribution in [0.2, 0.25) is 0 Å². The molecule has 1 heterocycles. The minimum atomic E-state index is -0.335. The molecule has 0 spiro atoms. The van der Waals surface area contributed by atoms with Gasteiger partial charge in [-0.25, -0.2) is 0 Å². The van der Waals surface area contributed by atoms with E-state index in [1.165, 1.54) is 25.6 Å². The Bertz CT molecular complexity index is 761. The average molecular weight is 348 g/mol. The molecule has 2 aromatic rings. The molecule has 0 radical (unpaired) electrons. The van der Waals surface area contributed by atoms with Gasteiger partial charge in [0.05, 0.1) is 19.8 Å². The molecule has 128 valence electrons. The zero-order chi connectivity index (χ0) is 17.9. The van der Waals surface area contributed by atoms with Crippen LogP contribution in [0, 0.1) is 13.8 Å². The van der Waals surface area contributed by atoms with Crippen molar-refractivity contribution in [3.63, 3.8) is 0 Å². The number of ether oxygens (including phenoxy) is 2. The lowest BCUT2D eigenvalue weighted by Gasteiger charge is -2.09. The predicted octanol–water partition coefficient (Wildman–Crippen LogP) is 2.99. The van der Waals surface area contributed by atoms with Crippen LogP contribution in [0.3, 0.4) is 0 Å². The van der Waals surface area contributed by atoms with Gasteiger partial charge in [0.25, 0.3) is 11.8 Å². The molecule has 0 aliphatic carbocycles. The molecule has 0 unspecified atom stereocenters. The van der Waals surface area contributed by atoms with Crippen LogP contribution in [0.25, 0.3) is 0 Å². The van der Waals surface area contributed by atoms with E-state index in [4.69, 9.17) is 9.47 Å². The summed E-state index contributed by atoms with van der Waals surface area (Å²) >= 11 is 1.37. The van der Waals surface area contributed by atoms with E-state index in [1.807, 2.05) is 13.8 Å². The number of amides is 2. The summed E-state index contributed by atoms with van der Waals surface area (Å²) in [6.07, 6.45) is 0. The van der Waals surface area contributed by atoms with Gasteiger partial charge in [-0.3, -0.25) is 9.59 Å². The minimum Gasteiger partial charge on any atom is -0.497 e. The highest BCUT2D eigenvalue weighted by molar-refractivity contribution is 7.16. The Morgan fingerprint density at radius 2 is 1.58 bits per heavy atom. The van der Waals surface area contributed by atoms with Crippen molar-refractivity contribution in [1.29, 1.82) is 0 Å². The molecular weight excluding hydrogens is 328 g/mol. The maximum Gasteiger partial charge on any atom is 0.256 e. The average Bonchev–Trinajstić information content (AvgIpc) is 2.87. The van der Waals surface area contributed by atoms with Crippen molar-refractivity contribution in [2.75, 3.05) is 26.6 Å². The van der Waals surface area contributed by atoms with Gasteiger partial charge in [0.2, 0.25) is 0 Å². The van der Waals surface area contributed by atoms with E-state index in [-0.39, 0.29) is 11.8 Å². The Morgan fingerprint density at radius 1 is 1.00 bits per heavy atom. The molecular formula is C17H20N2O4S. The molecule has 7 heteroatoms. The Morgan fingerprint density at radius 3 is 2.08 bits per heavy atom. The number of carbonyl (C=O) groups is 2. The number of benzene rings is 1. The molecule has 2 rings (SSSR count). The monoisotopic (exact) mass is 348 g/mol. The van der Waals surface area contributed by atoms with Crippen LogP contribution in [-0.4, -0.2) is 33.1 Å². The highest BCUT2D eigenvalue weighted by Crippen LogP contribution is 2.33. The van der Waals surface area contributed by atoms with Crippen LogP contribution in [0.4, 0.5) is 5.00 Å².